The largest absolute Gasteiger partial charge is 0.418 e. The molecular weight excluding hydrogens is 226 g/mol. The summed E-state index contributed by atoms with van der Waals surface area (Å²) in [5.74, 6) is -0.675. The Morgan fingerprint density at radius 2 is 2.00 bits per heavy atom. The Morgan fingerprint density at radius 1 is 1.38 bits per heavy atom. The fraction of sp³-hybridized carbons (Fsp3) is 0.300. The van der Waals surface area contributed by atoms with Gasteiger partial charge in [-0.15, -0.1) is 0 Å². The predicted octanol–water partition coefficient (Wildman–Crippen LogP) is 3.13. The second-order valence-electron chi connectivity index (χ2n) is 3.15. The molecule has 0 saturated carbocycles. The van der Waals surface area contributed by atoms with Crippen molar-refractivity contribution >= 4 is 11.6 Å². The molecule has 0 atom stereocenters. The minimum atomic E-state index is -4.62. The summed E-state index contributed by atoms with van der Waals surface area (Å²) in [4.78, 5) is 10.8. The number of benzene rings is 1. The number of halogens is 4. The summed E-state index contributed by atoms with van der Waals surface area (Å²) < 4.78 is 50.1. The molecule has 1 N–H and O–H groups in total. The van der Waals surface area contributed by atoms with Gasteiger partial charge in [0.1, 0.15) is 6.67 Å². The Balaban J connectivity index is 3.31. The molecule has 0 radical (unpaired) electrons. The van der Waals surface area contributed by atoms with Crippen LogP contribution in [0.2, 0.25) is 0 Å². The van der Waals surface area contributed by atoms with Crippen LogP contribution in [0.1, 0.15) is 18.1 Å². The van der Waals surface area contributed by atoms with Gasteiger partial charge in [0, 0.05) is 12.5 Å². The molecule has 0 fully saturated rings. The van der Waals surface area contributed by atoms with E-state index in [-0.39, 0.29) is 5.56 Å². The van der Waals surface area contributed by atoms with Crippen LogP contribution in [0.25, 0.3) is 0 Å². The van der Waals surface area contributed by atoms with Crippen molar-refractivity contribution in [2.75, 3.05) is 5.32 Å². The summed E-state index contributed by atoms with van der Waals surface area (Å²) in [5, 5.41) is 2.00. The lowest BCUT2D eigenvalue weighted by molar-refractivity contribution is -0.137. The predicted molar refractivity (Wildman–Crippen MR) is 50.6 cm³/mol. The molecule has 0 spiro atoms. The number of hydrogen-bond acceptors (Lipinski definition) is 1. The second-order valence-corrected chi connectivity index (χ2v) is 3.15. The van der Waals surface area contributed by atoms with Gasteiger partial charge < -0.3 is 5.32 Å². The summed E-state index contributed by atoms with van der Waals surface area (Å²) >= 11 is 0. The van der Waals surface area contributed by atoms with E-state index in [0.717, 1.165) is 19.1 Å². The first-order chi connectivity index (χ1) is 7.36. The SMILES string of the molecule is CC(=O)Nc1c(CF)cccc1C(F)(F)F. The van der Waals surface area contributed by atoms with Crippen LogP contribution in [0.5, 0.6) is 0 Å². The maximum atomic E-state index is 12.5. The number of rotatable bonds is 2. The van der Waals surface area contributed by atoms with Crippen LogP contribution in [0, 0.1) is 0 Å². The van der Waals surface area contributed by atoms with Gasteiger partial charge in [0.05, 0.1) is 11.3 Å². The van der Waals surface area contributed by atoms with E-state index in [2.05, 4.69) is 0 Å². The number of anilines is 1. The van der Waals surface area contributed by atoms with Gasteiger partial charge in [-0.05, 0) is 6.07 Å². The quantitative estimate of drug-likeness (QED) is 0.784. The third-order valence-corrected chi connectivity index (χ3v) is 1.90. The highest BCUT2D eigenvalue weighted by atomic mass is 19.4. The minimum absolute atomic E-state index is 0.190. The standard InChI is InChI=1S/C10H9F4NO/c1-6(16)15-9-7(5-11)3-2-4-8(9)10(12,13)14/h2-4H,5H2,1H3,(H,15,16). The number of carbonyl (C=O) groups excluding carboxylic acids is 1. The number of hydrogen-bond donors (Lipinski definition) is 1. The Labute approximate surface area is 89.3 Å². The summed E-state index contributed by atoms with van der Waals surface area (Å²) in [5.41, 5.74) is -1.74. The summed E-state index contributed by atoms with van der Waals surface area (Å²) in [6, 6.07) is 3.09. The van der Waals surface area contributed by atoms with E-state index in [4.69, 9.17) is 0 Å². The van der Waals surface area contributed by atoms with Crippen LogP contribution in [-0.4, -0.2) is 5.91 Å². The number of nitrogens with one attached hydrogen (secondary N) is 1. The van der Waals surface area contributed by atoms with Gasteiger partial charge in [-0.3, -0.25) is 4.79 Å². The molecule has 0 heterocycles. The lowest BCUT2D eigenvalue weighted by atomic mass is 10.1. The van der Waals surface area contributed by atoms with E-state index in [9.17, 15) is 22.4 Å². The highest BCUT2D eigenvalue weighted by Crippen LogP contribution is 2.36. The number of carbonyl (C=O) groups is 1. The van der Waals surface area contributed by atoms with E-state index in [1.807, 2.05) is 5.32 Å². The maximum absolute atomic E-state index is 12.5. The van der Waals surface area contributed by atoms with Crippen LogP contribution < -0.4 is 5.32 Å². The number of amides is 1. The van der Waals surface area contributed by atoms with Crippen LogP contribution in [0.15, 0.2) is 18.2 Å². The molecule has 0 aliphatic rings. The van der Waals surface area contributed by atoms with Crippen molar-refractivity contribution in [1.82, 2.24) is 0 Å². The lowest BCUT2D eigenvalue weighted by Crippen LogP contribution is -2.15. The third-order valence-electron chi connectivity index (χ3n) is 1.90. The zero-order chi connectivity index (χ0) is 12.3. The first-order valence-corrected chi connectivity index (χ1v) is 4.39. The van der Waals surface area contributed by atoms with E-state index < -0.39 is 30.0 Å². The van der Waals surface area contributed by atoms with Crippen LogP contribution >= 0.6 is 0 Å². The molecule has 0 unspecified atom stereocenters. The van der Waals surface area contributed by atoms with Gasteiger partial charge in [-0.2, -0.15) is 13.2 Å². The zero-order valence-electron chi connectivity index (χ0n) is 8.36. The van der Waals surface area contributed by atoms with Gasteiger partial charge in [0.15, 0.2) is 0 Å². The van der Waals surface area contributed by atoms with Crippen LogP contribution in [-0.2, 0) is 17.6 Å². The van der Waals surface area contributed by atoms with Crippen molar-refractivity contribution in [1.29, 1.82) is 0 Å². The molecule has 16 heavy (non-hydrogen) atoms. The minimum Gasteiger partial charge on any atom is -0.325 e. The van der Waals surface area contributed by atoms with Gasteiger partial charge in [0.25, 0.3) is 0 Å². The molecular formula is C10H9F4NO. The molecule has 0 aliphatic carbocycles. The molecule has 88 valence electrons. The Kier molecular flexibility index (Phi) is 3.51. The third kappa shape index (κ3) is 2.71. The fourth-order valence-corrected chi connectivity index (χ4v) is 1.27. The monoisotopic (exact) mass is 235 g/mol. The summed E-state index contributed by atoms with van der Waals surface area (Å²) in [6.07, 6.45) is -4.62. The average molecular weight is 235 g/mol. The van der Waals surface area contributed by atoms with Gasteiger partial charge in [-0.25, -0.2) is 4.39 Å². The molecule has 2 nitrogen and oxygen atoms in total. The first kappa shape index (κ1) is 12.5. The highest BCUT2D eigenvalue weighted by molar-refractivity contribution is 5.90. The van der Waals surface area contributed by atoms with Gasteiger partial charge in [0.2, 0.25) is 5.91 Å². The molecule has 0 aromatic heterocycles. The van der Waals surface area contributed by atoms with Crippen molar-refractivity contribution in [3.8, 4) is 0 Å². The van der Waals surface area contributed by atoms with Crippen molar-refractivity contribution in [3.63, 3.8) is 0 Å². The highest BCUT2D eigenvalue weighted by Gasteiger charge is 2.34. The molecule has 1 aromatic carbocycles. The van der Waals surface area contributed by atoms with Crippen molar-refractivity contribution in [2.45, 2.75) is 19.8 Å². The molecule has 1 amide bonds. The summed E-state index contributed by atoms with van der Waals surface area (Å²) in [7, 11) is 0. The zero-order valence-corrected chi connectivity index (χ0v) is 8.36. The molecule has 6 heteroatoms. The number of alkyl halides is 4. The molecule has 1 aromatic rings. The fourth-order valence-electron chi connectivity index (χ4n) is 1.27. The second kappa shape index (κ2) is 4.51. The number of para-hydroxylation sites is 1. The molecule has 1 rings (SSSR count). The molecule has 0 bridgehead atoms. The van der Waals surface area contributed by atoms with E-state index in [0.29, 0.717) is 0 Å². The van der Waals surface area contributed by atoms with Crippen molar-refractivity contribution < 1.29 is 22.4 Å². The summed E-state index contributed by atoms with van der Waals surface area (Å²) in [6.45, 7) is -0.00526. The van der Waals surface area contributed by atoms with Crippen LogP contribution in [0.4, 0.5) is 23.2 Å². The normalized spacial score (nSPS) is 11.3. The van der Waals surface area contributed by atoms with Gasteiger partial charge in [-0.1, -0.05) is 12.1 Å². The van der Waals surface area contributed by atoms with Crippen molar-refractivity contribution in [2.24, 2.45) is 0 Å². The Hall–Kier alpha value is -1.59. The Bertz CT molecular complexity index is 400. The van der Waals surface area contributed by atoms with Crippen molar-refractivity contribution in [3.05, 3.63) is 29.3 Å². The lowest BCUT2D eigenvalue weighted by Gasteiger charge is -2.15. The van der Waals surface area contributed by atoms with E-state index >= 15 is 0 Å². The smallest absolute Gasteiger partial charge is 0.325 e. The molecule has 0 saturated heterocycles. The van der Waals surface area contributed by atoms with Crippen LogP contribution in [0.3, 0.4) is 0 Å². The first-order valence-electron chi connectivity index (χ1n) is 4.39. The van der Waals surface area contributed by atoms with E-state index in [1.54, 1.807) is 0 Å². The van der Waals surface area contributed by atoms with E-state index in [1.165, 1.54) is 6.07 Å². The topological polar surface area (TPSA) is 29.1 Å². The maximum Gasteiger partial charge on any atom is 0.418 e. The van der Waals surface area contributed by atoms with Gasteiger partial charge >= 0.3 is 6.18 Å². The Morgan fingerprint density at radius 3 is 2.44 bits per heavy atom. The average Bonchev–Trinajstić information content (AvgIpc) is 2.15. The molecule has 0 aliphatic heterocycles.